The molecule has 1 aliphatic rings. The molecule has 0 amide bonds. The van der Waals surface area contributed by atoms with Gasteiger partial charge in [0.25, 0.3) is 0 Å². The first-order valence-corrected chi connectivity index (χ1v) is 6.72. The lowest BCUT2D eigenvalue weighted by molar-refractivity contribution is 0.126. The van der Waals surface area contributed by atoms with Crippen molar-refractivity contribution in [3.63, 3.8) is 0 Å². The van der Waals surface area contributed by atoms with Crippen LogP contribution in [0.4, 0.5) is 5.82 Å². The van der Waals surface area contributed by atoms with Crippen LogP contribution in [0.15, 0.2) is 12.4 Å². The largest absolute Gasteiger partial charge is 0.393 e. The van der Waals surface area contributed by atoms with E-state index in [1.807, 2.05) is 6.07 Å². The van der Waals surface area contributed by atoms with Gasteiger partial charge in [-0.2, -0.15) is 0 Å². The Morgan fingerprint density at radius 2 is 1.83 bits per heavy atom. The van der Waals surface area contributed by atoms with Crippen LogP contribution in [0.5, 0.6) is 0 Å². The topological polar surface area (TPSA) is 58.0 Å². The maximum atomic E-state index is 9.49. The minimum Gasteiger partial charge on any atom is -0.393 e. The van der Waals surface area contributed by atoms with E-state index < -0.39 is 0 Å². The lowest BCUT2D eigenvalue weighted by atomic mass is 9.91. The molecule has 2 N–H and O–H groups in total. The van der Waals surface area contributed by atoms with E-state index in [0.29, 0.717) is 6.04 Å². The van der Waals surface area contributed by atoms with Crippen LogP contribution in [0.2, 0.25) is 0 Å². The summed E-state index contributed by atoms with van der Waals surface area (Å²) in [5.41, 5.74) is 1.10. The molecule has 0 atom stereocenters. The van der Waals surface area contributed by atoms with E-state index in [1.165, 1.54) is 0 Å². The van der Waals surface area contributed by atoms with Crippen molar-refractivity contribution in [1.29, 1.82) is 0 Å². The van der Waals surface area contributed by atoms with Crippen LogP contribution < -0.4 is 5.32 Å². The zero-order valence-electron chi connectivity index (χ0n) is 11.5. The van der Waals surface area contributed by atoms with Crippen molar-refractivity contribution in [1.82, 2.24) is 9.97 Å². The lowest BCUT2D eigenvalue weighted by Gasteiger charge is -2.27. The number of anilines is 1. The number of aliphatic hydroxyl groups is 1. The quantitative estimate of drug-likeness (QED) is 0.845. The van der Waals surface area contributed by atoms with E-state index in [4.69, 9.17) is 0 Å². The molecule has 1 heterocycles. The molecule has 1 saturated carbocycles. The summed E-state index contributed by atoms with van der Waals surface area (Å²) in [5, 5.41) is 12.9. The summed E-state index contributed by atoms with van der Waals surface area (Å²) in [4.78, 5) is 8.61. The molecule has 0 spiro atoms. The van der Waals surface area contributed by atoms with Crippen LogP contribution in [0.3, 0.4) is 0 Å². The van der Waals surface area contributed by atoms with E-state index in [-0.39, 0.29) is 11.5 Å². The lowest BCUT2D eigenvalue weighted by Crippen LogP contribution is -2.28. The predicted octanol–water partition coefficient (Wildman–Crippen LogP) is 2.49. The van der Waals surface area contributed by atoms with Crippen molar-refractivity contribution < 1.29 is 5.11 Å². The Balaban J connectivity index is 2.01. The highest BCUT2D eigenvalue weighted by molar-refractivity contribution is 5.37. The number of nitrogens with one attached hydrogen (secondary N) is 1. The van der Waals surface area contributed by atoms with E-state index in [1.54, 1.807) is 6.33 Å². The highest BCUT2D eigenvalue weighted by Crippen LogP contribution is 2.24. The molecule has 1 aromatic rings. The van der Waals surface area contributed by atoms with Gasteiger partial charge in [0.15, 0.2) is 0 Å². The van der Waals surface area contributed by atoms with Crippen molar-refractivity contribution in [2.24, 2.45) is 0 Å². The van der Waals surface area contributed by atoms with Crippen LogP contribution in [0, 0.1) is 0 Å². The highest BCUT2D eigenvalue weighted by Gasteiger charge is 2.20. The number of hydrogen-bond acceptors (Lipinski definition) is 4. The molecule has 100 valence electrons. The third kappa shape index (κ3) is 3.42. The molecule has 0 aromatic carbocycles. The molecular weight excluding hydrogens is 226 g/mol. The van der Waals surface area contributed by atoms with Crippen LogP contribution in [0.25, 0.3) is 0 Å². The number of rotatable bonds is 2. The molecule has 0 aliphatic heterocycles. The maximum Gasteiger partial charge on any atom is 0.129 e. The first-order chi connectivity index (χ1) is 8.45. The van der Waals surface area contributed by atoms with Gasteiger partial charge in [-0.1, -0.05) is 20.8 Å². The second-order valence-electron chi connectivity index (χ2n) is 6.19. The molecule has 1 fully saturated rings. The number of aliphatic hydroxyl groups excluding tert-OH is 1. The van der Waals surface area contributed by atoms with E-state index in [2.05, 4.69) is 36.1 Å². The summed E-state index contributed by atoms with van der Waals surface area (Å²) < 4.78 is 0. The molecule has 4 nitrogen and oxygen atoms in total. The van der Waals surface area contributed by atoms with Gasteiger partial charge in [-0.15, -0.1) is 0 Å². The second-order valence-corrected chi connectivity index (χ2v) is 6.19. The average molecular weight is 249 g/mol. The van der Waals surface area contributed by atoms with Crippen LogP contribution in [-0.4, -0.2) is 27.2 Å². The molecule has 0 radical (unpaired) electrons. The Morgan fingerprint density at radius 1 is 1.17 bits per heavy atom. The fourth-order valence-corrected chi connectivity index (χ4v) is 2.28. The van der Waals surface area contributed by atoms with Crippen LogP contribution in [-0.2, 0) is 5.41 Å². The third-order valence-electron chi connectivity index (χ3n) is 3.48. The van der Waals surface area contributed by atoms with E-state index in [9.17, 15) is 5.11 Å². The zero-order chi connectivity index (χ0) is 13.2. The number of aromatic nitrogens is 2. The monoisotopic (exact) mass is 249 g/mol. The Bertz CT molecular complexity index is 392. The van der Waals surface area contributed by atoms with Gasteiger partial charge in [0, 0.05) is 17.5 Å². The van der Waals surface area contributed by atoms with E-state index >= 15 is 0 Å². The molecule has 1 aromatic heterocycles. The van der Waals surface area contributed by atoms with Crippen LogP contribution in [0.1, 0.15) is 52.1 Å². The van der Waals surface area contributed by atoms with Crippen molar-refractivity contribution in [2.75, 3.05) is 5.32 Å². The molecule has 1 aliphatic carbocycles. The van der Waals surface area contributed by atoms with Gasteiger partial charge in [0.05, 0.1) is 11.8 Å². The molecule has 0 bridgehead atoms. The fourth-order valence-electron chi connectivity index (χ4n) is 2.28. The third-order valence-corrected chi connectivity index (χ3v) is 3.48. The maximum absolute atomic E-state index is 9.49. The Hall–Kier alpha value is -1.16. The van der Waals surface area contributed by atoms with Gasteiger partial charge in [-0.05, 0) is 25.7 Å². The van der Waals surface area contributed by atoms with Crippen molar-refractivity contribution in [3.8, 4) is 0 Å². The summed E-state index contributed by atoms with van der Waals surface area (Å²) in [6, 6.07) is 2.46. The predicted molar refractivity (Wildman–Crippen MR) is 72.6 cm³/mol. The van der Waals surface area contributed by atoms with Gasteiger partial charge in [-0.3, -0.25) is 0 Å². The average Bonchev–Trinajstić information content (AvgIpc) is 2.31. The molecule has 0 unspecified atom stereocenters. The minimum absolute atomic E-state index is 0.0438. The fraction of sp³-hybridized carbons (Fsp3) is 0.714. The molecule has 2 rings (SSSR count). The normalized spacial score (nSPS) is 24.9. The minimum atomic E-state index is -0.112. The van der Waals surface area contributed by atoms with Gasteiger partial charge in [0.1, 0.15) is 12.1 Å². The highest BCUT2D eigenvalue weighted by atomic mass is 16.3. The second kappa shape index (κ2) is 5.22. The summed E-state index contributed by atoms with van der Waals surface area (Å²) >= 11 is 0. The SMILES string of the molecule is CC(C)(C)c1cc(NC2CCC(O)CC2)ncn1. The molecule has 4 heteroatoms. The van der Waals surface area contributed by atoms with Gasteiger partial charge in [0.2, 0.25) is 0 Å². The van der Waals surface area contributed by atoms with Gasteiger partial charge in [-0.25, -0.2) is 9.97 Å². The van der Waals surface area contributed by atoms with E-state index in [0.717, 1.165) is 37.2 Å². The first-order valence-electron chi connectivity index (χ1n) is 6.72. The summed E-state index contributed by atoms with van der Waals surface area (Å²) in [6.45, 7) is 6.45. The standard InChI is InChI=1S/C14H23N3O/c1-14(2,3)12-8-13(16-9-15-12)17-10-4-6-11(18)7-5-10/h8-11,18H,4-7H2,1-3H3,(H,15,16,17). The Kier molecular flexibility index (Phi) is 3.85. The smallest absolute Gasteiger partial charge is 0.129 e. The molecule has 0 saturated heterocycles. The molecule has 18 heavy (non-hydrogen) atoms. The number of nitrogens with zero attached hydrogens (tertiary/aromatic N) is 2. The molecular formula is C14H23N3O. The summed E-state index contributed by atoms with van der Waals surface area (Å²) in [5.74, 6) is 0.899. The zero-order valence-corrected chi connectivity index (χ0v) is 11.5. The van der Waals surface area contributed by atoms with Crippen molar-refractivity contribution in [3.05, 3.63) is 18.1 Å². The van der Waals surface area contributed by atoms with Crippen molar-refractivity contribution in [2.45, 2.75) is 64.0 Å². The Morgan fingerprint density at radius 3 is 2.44 bits per heavy atom. The first kappa shape index (κ1) is 13.3. The van der Waals surface area contributed by atoms with Gasteiger partial charge >= 0.3 is 0 Å². The van der Waals surface area contributed by atoms with Crippen molar-refractivity contribution >= 4 is 5.82 Å². The van der Waals surface area contributed by atoms with Crippen LogP contribution >= 0.6 is 0 Å². The Labute approximate surface area is 109 Å². The summed E-state index contributed by atoms with van der Waals surface area (Å²) in [6.07, 6.45) is 5.30. The number of hydrogen-bond donors (Lipinski definition) is 2. The summed E-state index contributed by atoms with van der Waals surface area (Å²) in [7, 11) is 0. The van der Waals surface area contributed by atoms with Gasteiger partial charge < -0.3 is 10.4 Å².